The molecule has 1 saturated heterocycles. The fourth-order valence-electron chi connectivity index (χ4n) is 4.29. The topological polar surface area (TPSA) is 3.24 Å². The average molecular weight is 311 g/mol. The van der Waals surface area contributed by atoms with Crippen molar-refractivity contribution in [3.8, 4) is 11.1 Å². The minimum atomic E-state index is 0.736. The first-order valence-corrected chi connectivity index (χ1v) is 8.93. The molecule has 0 aromatic heterocycles. The Balaban J connectivity index is 1.74. The maximum absolute atomic E-state index is 2.49. The predicted molar refractivity (Wildman–Crippen MR) is 102 cm³/mol. The van der Waals surface area contributed by atoms with Gasteiger partial charge in [-0.3, -0.25) is 0 Å². The van der Waals surface area contributed by atoms with Crippen molar-refractivity contribution in [3.63, 3.8) is 0 Å². The number of piperidine rings is 1. The SMILES string of the molecule is C1=C(c2cc(-c3ccccc3)c3ccccc3c2)C2CCN1CC2. The van der Waals surface area contributed by atoms with Crippen LogP contribution in [0, 0.1) is 5.92 Å². The van der Waals surface area contributed by atoms with Crippen LogP contribution in [0.15, 0.2) is 72.9 Å². The van der Waals surface area contributed by atoms with E-state index >= 15 is 0 Å². The Labute approximate surface area is 143 Å². The van der Waals surface area contributed by atoms with Gasteiger partial charge in [-0.25, -0.2) is 0 Å². The normalized spacial score (nSPS) is 17.3. The summed E-state index contributed by atoms with van der Waals surface area (Å²) >= 11 is 0. The van der Waals surface area contributed by atoms with Gasteiger partial charge in [-0.1, -0.05) is 54.6 Å². The van der Waals surface area contributed by atoms with Gasteiger partial charge < -0.3 is 4.90 Å². The third-order valence-electron chi connectivity index (χ3n) is 5.57. The number of nitrogens with zero attached hydrogens (tertiary/aromatic N) is 1. The molecule has 1 fully saturated rings. The lowest BCUT2D eigenvalue weighted by atomic mass is 9.81. The van der Waals surface area contributed by atoms with E-state index in [0.717, 1.165) is 5.92 Å². The van der Waals surface area contributed by atoms with Crippen molar-refractivity contribution in [2.24, 2.45) is 5.92 Å². The van der Waals surface area contributed by atoms with E-state index in [0.29, 0.717) is 0 Å². The van der Waals surface area contributed by atoms with Crippen LogP contribution in [0.4, 0.5) is 0 Å². The molecule has 118 valence electrons. The van der Waals surface area contributed by atoms with Gasteiger partial charge in [0.2, 0.25) is 0 Å². The molecule has 3 aromatic carbocycles. The standard InChI is InChI=1S/C23H21N/c1-2-6-17(7-3-1)22-15-20(14-19-8-4-5-9-21(19)22)23-16-24-12-10-18(23)11-13-24/h1-9,14-16,18H,10-13H2. The molecular weight excluding hydrogens is 290 g/mol. The van der Waals surface area contributed by atoms with Crippen molar-refractivity contribution in [1.29, 1.82) is 0 Å². The highest BCUT2D eigenvalue weighted by molar-refractivity contribution is 5.99. The maximum atomic E-state index is 2.49. The van der Waals surface area contributed by atoms with Crippen molar-refractivity contribution < 1.29 is 0 Å². The number of allylic oxidation sites excluding steroid dienone is 1. The van der Waals surface area contributed by atoms with Crippen LogP contribution < -0.4 is 0 Å². The fourth-order valence-corrected chi connectivity index (χ4v) is 4.29. The molecule has 0 radical (unpaired) electrons. The molecule has 0 saturated carbocycles. The molecule has 3 aliphatic heterocycles. The smallest absolute Gasteiger partial charge is 0.0178 e. The molecule has 0 spiro atoms. The molecule has 0 atom stereocenters. The van der Waals surface area contributed by atoms with Gasteiger partial charge in [0.1, 0.15) is 0 Å². The summed E-state index contributed by atoms with van der Waals surface area (Å²) in [5.41, 5.74) is 5.59. The van der Waals surface area contributed by atoms with Gasteiger partial charge in [0.05, 0.1) is 0 Å². The maximum Gasteiger partial charge on any atom is 0.0178 e. The molecule has 0 aliphatic carbocycles. The second-order valence-electron chi connectivity index (χ2n) is 7.01. The van der Waals surface area contributed by atoms with Crippen molar-refractivity contribution in [3.05, 3.63) is 78.5 Å². The Morgan fingerprint density at radius 3 is 2.25 bits per heavy atom. The fraction of sp³-hybridized carbons (Fsp3) is 0.217. The predicted octanol–water partition coefficient (Wildman–Crippen LogP) is 5.57. The second-order valence-corrected chi connectivity index (χ2v) is 7.01. The second kappa shape index (κ2) is 5.52. The van der Waals surface area contributed by atoms with Gasteiger partial charge in [-0.2, -0.15) is 0 Å². The van der Waals surface area contributed by atoms with Crippen LogP contribution in [0.25, 0.3) is 27.5 Å². The largest absolute Gasteiger partial charge is 0.377 e. The number of hydrogen-bond acceptors (Lipinski definition) is 1. The lowest BCUT2D eigenvalue weighted by Crippen LogP contribution is -2.35. The van der Waals surface area contributed by atoms with Crippen LogP contribution in [0.1, 0.15) is 18.4 Å². The molecule has 6 rings (SSSR count). The summed E-state index contributed by atoms with van der Waals surface area (Å²) in [6.45, 7) is 2.46. The third-order valence-corrected chi connectivity index (χ3v) is 5.57. The highest BCUT2D eigenvalue weighted by atomic mass is 15.1. The number of benzene rings is 3. The molecule has 0 N–H and O–H groups in total. The summed E-state index contributed by atoms with van der Waals surface area (Å²) in [6.07, 6.45) is 5.02. The van der Waals surface area contributed by atoms with Crippen molar-refractivity contribution in [2.75, 3.05) is 13.1 Å². The van der Waals surface area contributed by atoms with Gasteiger partial charge in [0.15, 0.2) is 0 Å². The Hall–Kier alpha value is -2.54. The molecule has 3 heterocycles. The van der Waals surface area contributed by atoms with Gasteiger partial charge >= 0.3 is 0 Å². The lowest BCUT2D eigenvalue weighted by molar-refractivity contribution is 0.252. The van der Waals surface area contributed by atoms with E-state index in [9.17, 15) is 0 Å². The van der Waals surface area contributed by atoms with Crippen molar-refractivity contribution in [1.82, 2.24) is 4.90 Å². The summed E-state index contributed by atoms with van der Waals surface area (Å²) in [5.74, 6) is 0.736. The quantitative estimate of drug-likeness (QED) is 0.597. The van der Waals surface area contributed by atoms with Crippen LogP contribution in [0.2, 0.25) is 0 Å². The summed E-state index contributed by atoms with van der Waals surface area (Å²) in [5, 5.41) is 2.68. The number of hydrogen-bond donors (Lipinski definition) is 0. The molecular formula is C23H21N. The highest BCUT2D eigenvalue weighted by Gasteiger charge is 2.28. The third kappa shape index (κ3) is 2.24. The molecule has 1 heteroatoms. The van der Waals surface area contributed by atoms with E-state index in [-0.39, 0.29) is 0 Å². The number of rotatable bonds is 2. The number of fused-ring (bicyclic) bond motifs is 3. The van der Waals surface area contributed by atoms with Crippen LogP contribution in [-0.2, 0) is 0 Å². The first-order chi connectivity index (χ1) is 11.9. The summed E-state index contributed by atoms with van der Waals surface area (Å²) < 4.78 is 0. The zero-order valence-corrected chi connectivity index (χ0v) is 13.8. The van der Waals surface area contributed by atoms with Crippen molar-refractivity contribution >= 4 is 16.3 Å². The average Bonchev–Trinajstić information content (AvgIpc) is 2.68. The van der Waals surface area contributed by atoms with Crippen LogP contribution in [0.5, 0.6) is 0 Å². The minimum absolute atomic E-state index is 0.736. The Morgan fingerprint density at radius 1 is 0.750 bits per heavy atom. The lowest BCUT2D eigenvalue weighted by Gasteiger charge is -2.39. The monoisotopic (exact) mass is 311 g/mol. The molecule has 3 aromatic rings. The van der Waals surface area contributed by atoms with Gasteiger partial charge in [-0.05, 0) is 63.9 Å². The first-order valence-electron chi connectivity index (χ1n) is 8.93. The van der Waals surface area contributed by atoms with Gasteiger partial charge in [-0.15, -0.1) is 0 Å². The summed E-state index contributed by atoms with van der Waals surface area (Å²) in [7, 11) is 0. The first kappa shape index (κ1) is 13.9. The summed E-state index contributed by atoms with van der Waals surface area (Å²) in [4.78, 5) is 2.49. The Bertz CT molecular complexity index is 915. The molecule has 1 nitrogen and oxygen atoms in total. The Morgan fingerprint density at radius 2 is 1.50 bits per heavy atom. The van der Waals surface area contributed by atoms with Crippen LogP contribution in [0.3, 0.4) is 0 Å². The highest BCUT2D eigenvalue weighted by Crippen LogP contribution is 2.40. The van der Waals surface area contributed by atoms with Crippen molar-refractivity contribution in [2.45, 2.75) is 12.8 Å². The van der Waals surface area contributed by atoms with E-state index in [1.165, 1.54) is 59.0 Å². The molecule has 3 aliphatic rings. The van der Waals surface area contributed by atoms with E-state index in [2.05, 4.69) is 77.8 Å². The summed E-state index contributed by atoms with van der Waals surface area (Å²) in [6, 6.07) is 24.3. The van der Waals surface area contributed by atoms with Crippen LogP contribution >= 0.6 is 0 Å². The molecule has 0 unspecified atom stereocenters. The van der Waals surface area contributed by atoms with Gasteiger partial charge in [0, 0.05) is 19.3 Å². The Kier molecular flexibility index (Phi) is 3.19. The minimum Gasteiger partial charge on any atom is -0.377 e. The zero-order chi connectivity index (χ0) is 15.9. The van der Waals surface area contributed by atoms with E-state index < -0.39 is 0 Å². The van der Waals surface area contributed by atoms with E-state index in [1.807, 2.05) is 0 Å². The zero-order valence-electron chi connectivity index (χ0n) is 13.8. The van der Waals surface area contributed by atoms with Crippen LogP contribution in [-0.4, -0.2) is 18.0 Å². The molecule has 2 bridgehead atoms. The van der Waals surface area contributed by atoms with E-state index in [4.69, 9.17) is 0 Å². The molecule has 24 heavy (non-hydrogen) atoms. The molecule has 0 amide bonds. The van der Waals surface area contributed by atoms with Gasteiger partial charge in [0.25, 0.3) is 0 Å². The van der Waals surface area contributed by atoms with E-state index in [1.54, 1.807) is 0 Å².